The number of fused-ring (bicyclic) bond motifs is 1. The molecule has 0 saturated carbocycles. The molecular formula is C24H24N2O6S. The highest BCUT2D eigenvalue weighted by Crippen LogP contribution is 2.32. The van der Waals surface area contributed by atoms with E-state index >= 15 is 0 Å². The first kappa shape index (κ1) is 22.7. The predicted molar refractivity (Wildman–Crippen MR) is 123 cm³/mol. The van der Waals surface area contributed by atoms with E-state index in [1.54, 1.807) is 18.2 Å². The molecule has 0 fully saturated rings. The van der Waals surface area contributed by atoms with Crippen molar-refractivity contribution in [3.8, 4) is 11.5 Å². The molecule has 2 aliphatic rings. The standard InChI is InChI=1S/C24H24N2O6S/c27-22(25-12-15-5-10-20-21(11-15)32-14-31-20)13-33-17-8-6-16(7-9-17)26-23(28)18-3-1-2-4-19(18)24(29)30/h1-2,5-11,18-19H,3-4,12-14H2,(H,25,27)(H,26,28)(H,29,30)/t18-,19+/m1/s1. The fourth-order valence-corrected chi connectivity index (χ4v) is 4.43. The third-order valence-electron chi connectivity index (χ3n) is 5.50. The molecule has 0 saturated heterocycles. The lowest BCUT2D eigenvalue weighted by atomic mass is 9.82. The van der Waals surface area contributed by atoms with Gasteiger partial charge in [-0.05, 0) is 54.8 Å². The van der Waals surface area contributed by atoms with Crippen molar-refractivity contribution in [2.45, 2.75) is 24.3 Å². The summed E-state index contributed by atoms with van der Waals surface area (Å²) in [5, 5.41) is 15.0. The van der Waals surface area contributed by atoms with Gasteiger partial charge in [-0.15, -0.1) is 11.8 Å². The molecule has 4 rings (SSSR count). The van der Waals surface area contributed by atoms with Crippen LogP contribution in [0.1, 0.15) is 18.4 Å². The van der Waals surface area contributed by atoms with Crippen LogP contribution in [-0.2, 0) is 20.9 Å². The number of hydrogen-bond donors (Lipinski definition) is 3. The van der Waals surface area contributed by atoms with Crippen LogP contribution in [0.25, 0.3) is 0 Å². The number of carboxylic acid groups (broad SMARTS) is 1. The summed E-state index contributed by atoms with van der Waals surface area (Å²) in [4.78, 5) is 37.0. The lowest BCUT2D eigenvalue weighted by Gasteiger charge is -2.24. The molecule has 1 aliphatic carbocycles. The van der Waals surface area contributed by atoms with Crippen molar-refractivity contribution in [1.82, 2.24) is 5.32 Å². The van der Waals surface area contributed by atoms with Gasteiger partial charge in [-0.1, -0.05) is 18.2 Å². The molecule has 3 N–H and O–H groups in total. The number of carboxylic acids is 1. The minimum Gasteiger partial charge on any atom is -0.481 e. The van der Waals surface area contributed by atoms with Crippen LogP contribution in [0.3, 0.4) is 0 Å². The summed E-state index contributed by atoms with van der Waals surface area (Å²) < 4.78 is 10.6. The molecule has 0 unspecified atom stereocenters. The Kier molecular flexibility index (Phi) is 7.19. The van der Waals surface area contributed by atoms with E-state index in [2.05, 4.69) is 10.6 Å². The van der Waals surface area contributed by atoms with E-state index in [1.807, 2.05) is 36.4 Å². The van der Waals surface area contributed by atoms with Crippen molar-refractivity contribution >= 4 is 35.2 Å². The van der Waals surface area contributed by atoms with Gasteiger partial charge in [0.05, 0.1) is 17.6 Å². The highest BCUT2D eigenvalue weighted by molar-refractivity contribution is 8.00. The largest absolute Gasteiger partial charge is 0.481 e. The molecule has 1 heterocycles. The molecule has 0 aromatic heterocycles. The van der Waals surface area contributed by atoms with Crippen LogP contribution in [0, 0.1) is 11.8 Å². The molecule has 0 spiro atoms. The van der Waals surface area contributed by atoms with Crippen LogP contribution in [0.2, 0.25) is 0 Å². The lowest BCUT2D eigenvalue weighted by Crippen LogP contribution is -2.34. The van der Waals surface area contributed by atoms with Crippen molar-refractivity contribution in [3.05, 3.63) is 60.2 Å². The number of carbonyl (C=O) groups excluding carboxylic acids is 2. The first-order valence-corrected chi connectivity index (χ1v) is 11.5. The Morgan fingerprint density at radius 3 is 2.45 bits per heavy atom. The number of carbonyl (C=O) groups is 3. The number of thioether (sulfide) groups is 1. The maximum absolute atomic E-state index is 12.6. The van der Waals surface area contributed by atoms with Gasteiger partial charge in [0.1, 0.15) is 0 Å². The zero-order valence-electron chi connectivity index (χ0n) is 17.8. The average molecular weight is 469 g/mol. The zero-order valence-corrected chi connectivity index (χ0v) is 18.6. The van der Waals surface area contributed by atoms with Crippen LogP contribution in [0.4, 0.5) is 5.69 Å². The summed E-state index contributed by atoms with van der Waals surface area (Å²) >= 11 is 1.39. The molecule has 172 valence electrons. The number of aliphatic carboxylic acids is 1. The maximum Gasteiger partial charge on any atom is 0.307 e. The van der Waals surface area contributed by atoms with Gasteiger partial charge in [0.15, 0.2) is 11.5 Å². The zero-order chi connectivity index (χ0) is 23.2. The van der Waals surface area contributed by atoms with Crippen LogP contribution < -0.4 is 20.1 Å². The van der Waals surface area contributed by atoms with Crippen LogP contribution in [0.15, 0.2) is 59.5 Å². The second-order valence-corrected chi connectivity index (χ2v) is 8.81. The van der Waals surface area contributed by atoms with Gasteiger partial charge in [-0.2, -0.15) is 0 Å². The summed E-state index contributed by atoms with van der Waals surface area (Å²) in [5.74, 6) is -1.00. The van der Waals surface area contributed by atoms with Gasteiger partial charge in [0.2, 0.25) is 18.6 Å². The summed E-state index contributed by atoms with van der Waals surface area (Å²) in [5.41, 5.74) is 1.52. The molecule has 33 heavy (non-hydrogen) atoms. The molecule has 9 heteroatoms. The van der Waals surface area contributed by atoms with E-state index in [-0.39, 0.29) is 24.4 Å². The Balaban J connectivity index is 1.23. The molecule has 0 radical (unpaired) electrons. The number of nitrogens with one attached hydrogen (secondary N) is 2. The maximum atomic E-state index is 12.6. The Morgan fingerprint density at radius 2 is 1.70 bits per heavy atom. The van der Waals surface area contributed by atoms with Crippen LogP contribution in [-0.4, -0.2) is 35.4 Å². The van der Waals surface area contributed by atoms with E-state index in [0.29, 0.717) is 36.6 Å². The number of allylic oxidation sites excluding steroid dienone is 2. The number of ether oxygens (including phenoxy) is 2. The van der Waals surface area contributed by atoms with E-state index in [9.17, 15) is 19.5 Å². The molecular weight excluding hydrogens is 444 g/mol. The average Bonchev–Trinajstić information content (AvgIpc) is 3.30. The van der Waals surface area contributed by atoms with Gasteiger partial charge >= 0.3 is 5.97 Å². The Labute approximate surface area is 195 Å². The highest BCUT2D eigenvalue weighted by atomic mass is 32.2. The Bertz CT molecular complexity index is 1070. The topological polar surface area (TPSA) is 114 Å². The first-order valence-electron chi connectivity index (χ1n) is 10.6. The first-order chi connectivity index (χ1) is 16.0. The number of anilines is 1. The highest BCUT2D eigenvalue weighted by Gasteiger charge is 2.33. The van der Waals surface area contributed by atoms with Crippen LogP contribution in [0.5, 0.6) is 11.5 Å². The molecule has 8 nitrogen and oxygen atoms in total. The summed E-state index contributed by atoms with van der Waals surface area (Å²) in [7, 11) is 0. The molecule has 1 aliphatic heterocycles. The molecule has 2 aromatic carbocycles. The SMILES string of the molecule is O=C(CSc1ccc(NC(=O)[C@@H]2CC=CC[C@@H]2C(=O)O)cc1)NCc1ccc2c(c1)OCO2. The van der Waals surface area contributed by atoms with E-state index < -0.39 is 17.8 Å². The summed E-state index contributed by atoms with van der Waals surface area (Å²) in [6, 6.07) is 12.7. The van der Waals surface area contributed by atoms with Gasteiger partial charge < -0.3 is 25.2 Å². The minimum atomic E-state index is -0.956. The second-order valence-electron chi connectivity index (χ2n) is 7.76. The van der Waals surface area contributed by atoms with Crippen molar-refractivity contribution in [2.75, 3.05) is 17.9 Å². The summed E-state index contributed by atoms with van der Waals surface area (Å²) in [6.07, 6.45) is 4.43. The van der Waals surface area contributed by atoms with E-state index in [1.165, 1.54) is 11.8 Å². The van der Waals surface area contributed by atoms with Gasteiger partial charge in [0, 0.05) is 17.1 Å². The van der Waals surface area contributed by atoms with Gasteiger partial charge in [-0.3, -0.25) is 14.4 Å². The Hall–Kier alpha value is -3.46. The number of rotatable bonds is 8. The van der Waals surface area contributed by atoms with Crippen molar-refractivity contribution in [2.24, 2.45) is 11.8 Å². The van der Waals surface area contributed by atoms with Gasteiger partial charge in [-0.25, -0.2) is 0 Å². The predicted octanol–water partition coefficient (Wildman–Crippen LogP) is 3.43. The molecule has 2 amide bonds. The third-order valence-corrected chi connectivity index (χ3v) is 6.52. The van der Waals surface area contributed by atoms with E-state index in [4.69, 9.17) is 9.47 Å². The summed E-state index contributed by atoms with van der Waals surface area (Å²) in [6.45, 7) is 0.611. The van der Waals surface area contributed by atoms with E-state index in [0.717, 1.165) is 10.5 Å². The molecule has 2 atom stereocenters. The quantitative estimate of drug-likeness (QED) is 0.402. The monoisotopic (exact) mass is 468 g/mol. The van der Waals surface area contributed by atoms with Gasteiger partial charge in [0.25, 0.3) is 0 Å². The molecule has 2 aromatic rings. The van der Waals surface area contributed by atoms with Crippen molar-refractivity contribution in [3.63, 3.8) is 0 Å². The molecule has 0 bridgehead atoms. The van der Waals surface area contributed by atoms with Crippen LogP contribution >= 0.6 is 11.8 Å². The van der Waals surface area contributed by atoms with Crippen molar-refractivity contribution in [1.29, 1.82) is 0 Å². The minimum absolute atomic E-state index is 0.0971. The third kappa shape index (κ3) is 5.87. The number of benzene rings is 2. The second kappa shape index (κ2) is 10.4. The Morgan fingerprint density at radius 1 is 0.970 bits per heavy atom. The number of amides is 2. The fourth-order valence-electron chi connectivity index (χ4n) is 3.70. The normalized spacial score (nSPS) is 18.5. The fraction of sp³-hybridized carbons (Fsp3) is 0.292. The lowest BCUT2D eigenvalue weighted by molar-refractivity contribution is -0.146. The smallest absolute Gasteiger partial charge is 0.307 e. The van der Waals surface area contributed by atoms with Crippen molar-refractivity contribution < 1.29 is 29.0 Å². The number of hydrogen-bond acceptors (Lipinski definition) is 6.